The summed E-state index contributed by atoms with van der Waals surface area (Å²) in [6.45, 7) is 6.71. The number of ketones is 1. The van der Waals surface area contributed by atoms with Crippen LogP contribution in [0, 0.1) is 34.5 Å². The molecule has 3 aliphatic carbocycles. The number of rotatable bonds is 3. The molecular weight excluding hydrogens is 488 g/mol. The standard InChI is InChI=1S/C26H34O11/c1-10(2)6-15(28)37-18-20-25-9-35-26(20,23(33)34-5)21(31)17(30)19(25)24(4)8-13(27)16(29)11(3)12(24)7-14(25)36-22(18)32/h6,11-12,14,16-21,29-31H,7-9H2,1-5H3/t11?,12-,14+,16?,17+,18+,19+,20+,21-,24-,25+,26-/m0/s1. The number of fused-ring (bicyclic) bond motifs is 2. The van der Waals surface area contributed by atoms with Crippen LogP contribution in [0.25, 0.3) is 0 Å². The maximum atomic E-state index is 13.4. The molecule has 11 heteroatoms. The van der Waals surface area contributed by atoms with Crippen LogP contribution < -0.4 is 0 Å². The van der Waals surface area contributed by atoms with Gasteiger partial charge < -0.3 is 34.3 Å². The van der Waals surface area contributed by atoms with Crippen LogP contribution in [0.15, 0.2) is 11.6 Å². The zero-order valence-electron chi connectivity index (χ0n) is 21.5. The highest BCUT2D eigenvalue weighted by Gasteiger charge is 2.85. The largest absolute Gasteiger partial charge is 0.467 e. The Kier molecular flexibility index (Phi) is 5.91. The predicted octanol–water partition coefficient (Wildman–Crippen LogP) is -0.318. The van der Waals surface area contributed by atoms with Crippen LogP contribution in [0.2, 0.25) is 0 Å². The van der Waals surface area contributed by atoms with Crippen LogP contribution in [-0.2, 0) is 38.1 Å². The van der Waals surface area contributed by atoms with Crippen molar-refractivity contribution in [2.45, 2.75) is 76.7 Å². The first-order chi connectivity index (χ1) is 17.3. The molecule has 3 N–H and O–H groups in total. The van der Waals surface area contributed by atoms with E-state index in [0.29, 0.717) is 5.57 Å². The maximum Gasteiger partial charge on any atom is 0.348 e. The summed E-state index contributed by atoms with van der Waals surface area (Å²) in [6.07, 6.45) is -5.80. The third-order valence-electron chi connectivity index (χ3n) is 9.88. The van der Waals surface area contributed by atoms with Crippen molar-refractivity contribution in [3.8, 4) is 0 Å². The molecular formula is C26H34O11. The van der Waals surface area contributed by atoms with Crippen LogP contribution in [0.1, 0.15) is 40.5 Å². The van der Waals surface area contributed by atoms with Gasteiger partial charge in [0, 0.05) is 23.8 Å². The lowest BCUT2D eigenvalue weighted by Crippen LogP contribution is -2.79. The molecule has 0 radical (unpaired) electrons. The predicted molar refractivity (Wildman–Crippen MR) is 122 cm³/mol. The monoisotopic (exact) mass is 522 g/mol. The Hall–Kier alpha value is -2.34. The van der Waals surface area contributed by atoms with Gasteiger partial charge in [-0.05, 0) is 37.5 Å². The van der Waals surface area contributed by atoms with Crippen molar-refractivity contribution in [2.75, 3.05) is 13.7 Å². The first-order valence-corrected chi connectivity index (χ1v) is 12.6. The van der Waals surface area contributed by atoms with Crippen molar-refractivity contribution in [2.24, 2.45) is 34.5 Å². The van der Waals surface area contributed by atoms with Gasteiger partial charge in [-0.2, -0.15) is 0 Å². The molecule has 0 amide bonds. The zero-order valence-corrected chi connectivity index (χ0v) is 21.5. The Morgan fingerprint density at radius 1 is 1.14 bits per heavy atom. The molecule has 5 fully saturated rings. The summed E-state index contributed by atoms with van der Waals surface area (Å²) < 4.78 is 22.5. The fourth-order valence-electron chi connectivity index (χ4n) is 8.61. The van der Waals surface area contributed by atoms with Gasteiger partial charge in [0.2, 0.25) is 11.7 Å². The summed E-state index contributed by atoms with van der Waals surface area (Å²) in [6, 6.07) is 0. The number of esters is 3. The molecule has 2 bridgehead atoms. The van der Waals surface area contributed by atoms with Crippen molar-refractivity contribution in [1.82, 2.24) is 0 Å². The van der Waals surface area contributed by atoms with E-state index in [0.717, 1.165) is 7.11 Å². The van der Waals surface area contributed by atoms with Gasteiger partial charge in [0.05, 0.1) is 25.7 Å². The first-order valence-electron chi connectivity index (χ1n) is 12.6. The van der Waals surface area contributed by atoms with Crippen molar-refractivity contribution in [3.05, 3.63) is 11.6 Å². The minimum atomic E-state index is -2.20. The molecule has 0 aromatic carbocycles. The van der Waals surface area contributed by atoms with Crippen molar-refractivity contribution in [1.29, 1.82) is 0 Å². The second kappa shape index (κ2) is 8.33. The summed E-state index contributed by atoms with van der Waals surface area (Å²) in [4.78, 5) is 52.3. The minimum Gasteiger partial charge on any atom is -0.467 e. The van der Waals surface area contributed by atoms with Crippen molar-refractivity contribution in [3.63, 3.8) is 0 Å². The second-order valence-corrected chi connectivity index (χ2v) is 11.9. The van der Waals surface area contributed by atoms with Gasteiger partial charge in [-0.1, -0.05) is 19.4 Å². The van der Waals surface area contributed by atoms with Gasteiger partial charge in [0.1, 0.15) is 18.3 Å². The first kappa shape index (κ1) is 26.3. The molecule has 37 heavy (non-hydrogen) atoms. The molecule has 5 aliphatic rings. The van der Waals surface area contributed by atoms with E-state index in [1.807, 2.05) is 6.92 Å². The second-order valence-electron chi connectivity index (χ2n) is 11.9. The molecule has 2 aliphatic heterocycles. The molecule has 1 spiro atoms. The molecule has 3 saturated carbocycles. The van der Waals surface area contributed by atoms with E-state index in [9.17, 15) is 34.5 Å². The molecule has 11 nitrogen and oxygen atoms in total. The maximum absolute atomic E-state index is 13.4. The number of Topliss-reactive ketones (excluding diaryl/α,β-unsaturated/α-hetero) is 1. The van der Waals surface area contributed by atoms with Gasteiger partial charge in [-0.25, -0.2) is 14.4 Å². The lowest BCUT2D eigenvalue weighted by molar-refractivity contribution is -0.298. The topological polar surface area (TPSA) is 166 Å². The Morgan fingerprint density at radius 2 is 1.81 bits per heavy atom. The number of aliphatic hydroxyl groups is 3. The Bertz CT molecular complexity index is 1080. The highest BCUT2D eigenvalue weighted by Crippen LogP contribution is 2.72. The SMILES string of the molecule is COC(=O)[C@@]12OC[C@]34[C@H]([C@@H](O)[C@@H]1O)[C@@]1(C)CC(=O)C(O)C(C)[C@@H]1C[C@H]3OC(=O)[C@H](OC(=O)C=C(C)C)[C@@H]24. The number of aliphatic hydroxyl groups excluding tert-OH is 3. The van der Waals surface area contributed by atoms with E-state index >= 15 is 0 Å². The minimum absolute atomic E-state index is 0.0831. The lowest BCUT2D eigenvalue weighted by Gasteiger charge is -2.68. The van der Waals surface area contributed by atoms with Gasteiger partial charge in [0.15, 0.2) is 5.78 Å². The normalized spacial score (nSPS) is 49.8. The van der Waals surface area contributed by atoms with Gasteiger partial charge in [-0.3, -0.25) is 4.79 Å². The van der Waals surface area contributed by atoms with Crippen LogP contribution in [0.5, 0.6) is 0 Å². The number of hydrogen-bond acceptors (Lipinski definition) is 11. The summed E-state index contributed by atoms with van der Waals surface area (Å²) in [5.41, 5.74) is -3.81. The van der Waals surface area contributed by atoms with E-state index in [1.54, 1.807) is 20.8 Å². The number of ether oxygens (including phenoxy) is 4. The highest BCUT2D eigenvalue weighted by molar-refractivity contribution is 5.90. The number of hydrogen-bond donors (Lipinski definition) is 3. The summed E-state index contributed by atoms with van der Waals surface area (Å²) in [5, 5.41) is 33.7. The summed E-state index contributed by atoms with van der Waals surface area (Å²) >= 11 is 0. The number of carbonyl (C=O) groups is 4. The van der Waals surface area contributed by atoms with Crippen LogP contribution in [0.4, 0.5) is 0 Å². The number of methoxy groups -OCH3 is 1. The molecule has 0 aromatic rings. The summed E-state index contributed by atoms with van der Waals surface area (Å²) in [7, 11) is 1.10. The molecule has 2 unspecified atom stereocenters. The van der Waals surface area contributed by atoms with E-state index in [-0.39, 0.29) is 31.1 Å². The van der Waals surface area contributed by atoms with E-state index in [1.165, 1.54) is 6.08 Å². The third-order valence-corrected chi connectivity index (χ3v) is 9.88. The van der Waals surface area contributed by atoms with Crippen LogP contribution in [-0.4, -0.2) is 88.8 Å². The highest BCUT2D eigenvalue weighted by atomic mass is 16.6. The number of allylic oxidation sites excluding steroid dienone is 1. The average Bonchev–Trinajstić information content (AvgIpc) is 3.12. The van der Waals surface area contributed by atoms with Crippen LogP contribution in [0.3, 0.4) is 0 Å². The lowest BCUT2D eigenvalue weighted by atomic mass is 9.37. The zero-order chi connectivity index (χ0) is 27.2. The molecule has 0 aromatic heterocycles. The molecule has 12 atom stereocenters. The van der Waals surface area contributed by atoms with E-state index in [4.69, 9.17) is 18.9 Å². The Labute approximate surface area is 214 Å². The Morgan fingerprint density at radius 3 is 2.43 bits per heavy atom. The summed E-state index contributed by atoms with van der Waals surface area (Å²) in [5.74, 6) is -6.12. The fraction of sp³-hybridized carbons (Fsp3) is 0.769. The molecule has 5 rings (SSSR count). The quantitative estimate of drug-likeness (QED) is 0.253. The third kappa shape index (κ3) is 3.14. The van der Waals surface area contributed by atoms with Gasteiger partial charge >= 0.3 is 17.9 Å². The molecule has 2 saturated heterocycles. The van der Waals surface area contributed by atoms with Crippen LogP contribution >= 0.6 is 0 Å². The Balaban J connectivity index is 1.72. The average molecular weight is 523 g/mol. The van der Waals surface area contributed by atoms with Gasteiger partial charge in [-0.15, -0.1) is 0 Å². The smallest absolute Gasteiger partial charge is 0.348 e. The van der Waals surface area contributed by atoms with E-state index in [2.05, 4.69) is 0 Å². The van der Waals surface area contributed by atoms with Crippen molar-refractivity contribution >= 4 is 23.7 Å². The molecule has 2 heterocycles. The molecule has 204 valence electrons. The van der Waals surface area contributed by atoms with Crippen molar-refractivity contribution < 1.29 is 53.4 Å². The fourth-order valence-corrected chi connectivity index (χ4v) is 8.61. The van der Waals surface area contributed by atoms with Gasteiger partial charge in [0.25, 0.3) is 0 Å². The van der Waals surface area contributed by atoms with E-state index < -0.39 is 82.6 Å². The number of carbonyl (C=O) groups excluding carboxylic acids is 4.